The van der Waals surface area contributed by atoms with Gasteiger partial charge in [-0.3, -0.25) is 0 Å². The second-order valence-corrected chi connectivity index (χ2v) is 4.10. The van der Waals surface area contributed by atoms with Gasteiger partial charge in [0.2, 0.25) is 0 Å². The topological polar surface area (TPSA) is 14.2 Å². The monoisotopic (exact) mass is 217 g/mol. The normalized spacial score (nSPS) is 11.2. The lowest BCUT2D eigenvalue weighted by Crippen LogP contribution is -1.91. The number of ether oxygens (including phenoxy) is 1. The quantitative estimate of drug-likeness (QED) is 0.764. The predicted molar refractivity (Wildman–Crippen MR) is 67.7 cm³/mol. The smallest absolute Gasteiger partial charge is 0.0737 e. The van der Waals surface area contributed by atoms with Crippen molar-refractivity contribution < 1.29 is 4.74 Å². The van der Waals surface area contributed by atoms with E-state index in [0.29, 0.717) is 6.61 Å². The maximum absolute atomic E-state index is 5.51. The van der Waals surface area contributed by atoms with E-state index in [1.54, 1.807) is 0 Å². The van der Waals surface area contributed by atoms with E-state index in [9.17, 15) is 0 Å². The van der Waals surface area contributed by atoms with Crippen LogP contribution in [0.3, 0.4) is 0 Å². The van der Waals surface area contributed by atoms with E-state index >= 15 is 0 Å². The third kappa shape index (κ3) is 1.98. The van der Waals surface area contributed by atoms with Gasteiger partial charge in [-0.2, -0.15) is 0 Å². The molecule has 0 fully saturated rings. The second kappa shape index (κ2) is 4.71. The SMILES string of the molecule is CCOCc1cn(CC)c2ccc(C)cc12. The van der Waals surface area contributed by atoms with Crippen LogP contribution in [0.4, 0.5) is 0 Å². The van der Waals surface area contributed by atoms with Gasteiger partial charge in [0.15, 0.2) is 0 Å². The number of fused-ring (bicyclic) bond motifs is 1. The van der Waals surface area contributed by atoms with Crippen molar-refractivity contribution in [2.75, 3.05) is 6.61 Å². The van der Waals surface area contributed by atoms with Crippen molar-refractivity contribution >= 4 is 10.9 Å². The van der Waals surface area contributed by atoms with Crippen LogP contribution in [0.2, 0.25) is 0 Å². The molecule has 0 saturated carbocycles. The third-order valence-electron chi connectivity index (χ3n) is 2.92. The van der Waals surface area contributed by atoms with Crippen LogP contribution in [-0.4, -0.2) is 11.2 Å². The number of hydrogen-bond acceptors (Lipinski definition) is 1. The van der Waals surface area contributed by atoms with Crippen LogP contribution in [0.25, 0.3) is 10.9 Å². The van der Waals surface area contributed by atoms with Crippen molar-refractivity contribution in [3.05, 3.63) is 35.5 Å². The molecule has 86 valence electrons. The van der Waals surface area contributed by atoms with Gasteiger partial charge in [0.25, 0.3) is 0 Å². The molecule has 16 heavy (non-hydrogen) atoms. The van der Waals surface area contributed by atoms with Crippen LogP contribution in [0.15, 0.2) is 24.4 Å². The minimum atomic E-state index is 0.712. The molecule has 1 aromatic carbocycles. The molecule has 2 rings (SSSR count). The van der Waals surface area contributed by atoms with Crippen LogP contribution in [0.1, 0.15) is 25.0 Å². The van der Waals surface area contributed by atoms with Gasteiger partial charge < -0.3 is 9.30 Å². The molecule has 1 aromatic heterocycles. The molecule has 0 bridgehead atoms. The Balaban J connectivity index is 2.50. The summed E-state index contributed by atoms with van der Waals surface area (Å²) >= 11 is 0. The van der Waals surface area contributed by atoms with Gasteiger partial charge in [0.1, 0.15) is 0 Å². The van der Waals surface area contributed by atoms with Crippen molar-refractivity contribution in [3.63, 3.8) is 0 Å². The summed E-state index contributed by atoms with van der Waals surface area (Å²) in [7, 11) is 0. The summed E-state index contributed by atoms with van der Waals surface area (Å²) < 4.78 is 7.79. The minimum absolute atomic E-state index is 0.712. The highest BCUT2D eigenvalue weighted by Crippen LogP contribution is 2.23. The molecular weight excluding hydrogens is 198 g/mol. The molecule has 2 aromatic rings. The van der Waals surface area contributed by atoms with E-state index in [0.717, 1.165) is 13.2 Å². The summed E-state index contributed by atoms with van der Waals surface area (Å²) in [6, 6.07) is 6.61. The average molecular weight is 217 g/mol. The second-order valence-electron chi connectivity index (χ2n) is 4.10. The lowest BCUT2D eigenvalue weighted by molar-refractivity contribution is 0.135. The van der Waals surface area contributed by atoms with Crippen molar-refractivity contribution in [2.45, 2.75) is 33.9 Å². The Kier molecular flexibility index (Phi) is 3.30. The van der Waals surface area contributed by atoms with Crippen molar-refractivity contribution in [1.29, 1.82) is 0 Å². The number of rotatable bonds is 4. The molecule has 0 aliphatic rings. The van der Waals surface area contributed by atoms with E-state index in [1.807, 2.05) is 6.92 Å². The third-order valence-corrected chi connectivity index (χ3v) is 2.92. The van der Waals surface area contributed by atoms with E-state index < -0.39 is 0 Å². The summed E-state index contributed by atoms with van der Waals surface area (Å²) in [5.74, 6) is 0. The van der Waals surface area contributed by atoms with Crippen molar-refractivity contribution in [1.82, 2.24) is 4.57 Å². The Labute approximate surface area is 96.8 Å². The van der Waals surface area contributed by atoms with Gasteiger partial charge in [0.05, 0.1) is 6.61 Å². The predicted octanol–water partition coefficient (Wildman–Crippen LogP) is 3.51. The van der Waals surface area contributed by atoms with Crippen LogP contribution < -0.4 is 0 Å². The zero-order chi connectivity index (χ0) is 11.5. The van der Waals surface area contributed by atoms with E-state index in [1.165, 1.54) is 22.0 Å². The van der Waals surface area contributed by atoms with Crippen LogP contribution in [0, 0.1) is 6.92 Å². The maximum atomic E-state index is 5.51. The molecule has 1 heterocycles. The Bertz CT molecular complexity index is 485. The number of nitrogens with zero attached hydrogens (tertiary/aromatic N) is 1. The summed E-state index contributed by atoms with van der Waals surface area (Å²) in [5.41, 5.74) is 3.91. The molecule has 0 atom stereocenters. The summed E-state index contributed by atoms with van der Waals surface area (Å²) in [4.78, 5) is 0. The molecule has 0 N–H and O–H groups in total. The molecule has 2 nitrogen and oxygen atoms in total. The van der Waals surface area contributed by atoms with E-state index in [4.69, 9.17) is 4.74 Å². The fourth-order valence-corrected chi connectivity index (χ4v) is 2.07. The first-order chi connectivity index (χ1) is 7.76. The molecule has 0 saturated heterocycles. The minimum Gasteiger partial charge on any atom is -0.377 e. The highest BCUT2D eigenvalue weighted by molar-refractivity contribution is 5.84. The summed E-state index contributed by atoms with van der Waals surface area (Å²) in [6.07, 6.45) is 2.21. The largest absolute Gasteiger partial charge is 0.377 e. The van der Waals surface area contributed by atoms with Crippen molar-refractivity contribution in [2.24, 2.45) is 0 Å². The Morgan fingerprint density at radius 1 is 1.25 bits per heavy atom. The zero-order valence-electron chi connectivity index (χ0n) is 10.3. The fraction of sp³-hybridized carbons (Fsp3) is 0.429. The molecule has 0 unspecified atom stereocenters. The molecule has 0 amide bonds. The fourth-order valence-electron chi connectivity index (χ4n) is 2.07. The molecule has 0 radical (unpaired) electrons. The summed E-state index contributed by atoms with van der Waals surface area (Å²) in [5, 5.41) is 1.33. The standard InChI is InChI=1S/C14H19NO/c1-4-15-9-12(10-16-5-2)13-8-11(3)6-7-14(13)15/h6-9H,4-5,10H2,1-3H3. The van der Waals surface area contributed by atoms with Crippen LogP contribution in [0.5, 0.6) is 0 Å². The highest BCUT2D eigenvalue weighted by Gasteiger charge is 2.07. The van der Waals surface area contributed by atoms with Gasteiger partial charge >= 0.3 is 0 Å². The Morgan fingerprint density at radius 3 is 2.75 bits per heavy atom. The lowest BCUT2D eigenvalue weighted by atomic mass is 10.1. The Hall–Kier alpha value is -1.28. The number of benzene rings is 1. The molecule has 0 spiro atoms. The van der Waals surface area contributed by atoms with Gasteiger partial charge in [-0.05, 0) is 32.9 Å². The highest BCUT2D eigenvalue weighted by atomic mass is 16.5. The summed E-state index contributed by atoms with van der Waals surface area (Å²) in [6.45, 7) is 8.82. The van der Waals surface area contributed by atoms with Crippen LogP contribution in [-0.2, 0) is 17.9 Å². The molecular formula is C14H19NO. The first kappa shape index (κ1) is 11.2. The molecule has 2 heteroatoms. The number of aryl methyl sites for hydroxylation is 2. The number of aromatic nitrogens is 1. The van der Waals surface area contributed by atoms with Crippen LogP contribution >= 0.6 is 0 Å². The average Bonchev–Trinajstić information content (AvgIpc) is 2.64. The molecule has 0 aliphatic heterocycles. The number of hydrogen-bond donors (Lipinski definition) is 0. The Morgan fingerprint density at radius 2 is 2.06 bits per heavy atom. The lowest BCUT2D eigenvalue weighted by Gasteiger charge is -2.00. The zero-order valence-corrected chi connectivity index (χ0v) is 10.3. The first-order valence-electron chi connectivity index (χ1n) is 5.92. The van der Waals surface area contributed by atoms with Gasteiger partial charge in [-0.25, -0.2) is 0 Å². The van der Waals surface area contributed by atoms with Crippen molar-refractivity contribution in [3.8, 4) is 0 Å². The molecule has 0 aliphatic carbocycles. The first-order valence-corrected chi connectivity index (χ1v) is 5.92. The van der Waals surface area contributed by atoms with Gasteiger partial charge in [0, 0.05) is 35.8 Å². The van der Waals surface area contributed by atoms with E-state index in [-0.39, 0.29) is 0 Å². The maximum Gasteiger partial charge on any atom is 0.0737 e. The van der Waals surface area contributed by atoms with Gasteiger partial charge in [-0.1, -0.05) is 11.6 Å². The van der Waals surface area contributed by atoms with E-state index in [2.05, 4.69) is 42.8 Å². The van der Waals surface area contributed by atoms with Gasteiger partial charge in [-0.15, -0.1) is 0 Å².